The topological polar surface area (TPSA) is 21.3 Å². The molecule has 1 N–H and O–H groups in total. The highest BCUT2D eigenvalue weighted by molar-refractivity contribution is 5.43. The molecule has 1 aliphatic heterocycles. The van der Waals surface area contributed by atoms with Crippen LogP contribution in [0, 0.1) is 5.92 Å². The highest BCUT2D eigenvalue weighted by atomic mass is 16.5. The monoisotopic (exact) mass is 247 g/mol. The number of ether oxygens (including phenoxy) is 1. The van der Waals surface area contributed by atoms with E-state index in [1.807, 2.05) is 0 Å². The zero-order chi connectivity index (χ0) is 13.3. The van der Waals surface area contributed by atoms with Crippen molar-refractivity contribution in [3.8, 4) is 5.75 Å². The summed E-state index contributed by atoms with van der Waals surface area (Å²) < 4.78 is 5.84. The van der Waals surface area contributed by atoms with Gasteiger partial charge in [-0.3, -0.25) is 0 Å². The summed E-state index contributed by atoms with van der Waals surface area (Å²) in [5.41, 5.74) is 2.89. The van der Waals surface area contributed by atoms with Crippen molar-refractivity contribution in [2.45, 2.75) is 46.1 Å². The molecule has 1 heterocycles. The lowest BCUT2D eigenvalue weighted by Gasteiger charge is -2.33. The van der Waals surface area contributed by atoms with Crippen molar-refractivity contribution in [1.82, 2.24) is 5.32 Å². The minimum absolute atomic E-state index is 0.187. The Morgan fingerprint density at radius 3 is 2.67 bits per heavy atom. The summed E-state index contributed by atoms with van der Waals surface area (Å²) in [6, 6.07) is 7.06. The van der Waals surface area contributed by atoms with E-state index in [0.717, 1.165) is 18.9 Å². The van der Waals surface area contributed by atoms with Gasteiger partial charge in [0.15, 0.2) is 0 Å². The Kier molecular flexibility index (Phi) is 3.67. The Bertz CT molecular complexity index is 420. The lowest BCUT2D eigenvalue weighted by atomic mass is 9.83. The largest absolute Gasteiger partial charge is 0.493 e. The van der Waals surface area contributed by atoms with Crippen molar-refractivity contribution in [2.24, 2.45) is 5.92 Å². The first kappa shape index (κ1) is 13.4. The first-order valence-electron chi connectivity index (χ1n) is 6.94. The number of rotatable bonds is 2. The van der Waals surface area contributed by atoms with Crippen LogP contribution in [-0.2, 0) is 5.41 Å². The number of hydrogen-bond acceptors (Lipinski definition) is 2. The van der Waals surface area contributed by atoms with E-state index in [1.165, 1.54) is 11.1 Å². The molecular formula is C16H25NO. The minimum atomic E-state index is 0.187. The molecule has 2 unspecified atom stereocenters. The summed E-state index contributed by atoms with van der Waals surface area (Å²) in [5.74, 6) is 1.57. The Labute approximate surface area is 111 Å². The molecule has 2 heteroatoms. The molecule has 0 aliphatic carbocycles. The molecule has 100 valence electrons. The molecule has 0 amide bonds. The second-order valence-corrected chi connectivity index (χ2v) is 6.33. The van der Waals surface area contributed by atoms with Crippen LogP contribution in [0.5, 0.6) is 5.75 Å². The summed E-state index contributed by atoms with van der Waals surface area (Å²) in [4.78, 5) is 0. The SMILES string of the molecule is CCNC1c2cc(C(C)(C)C)ccc2OCC1C. The predicted molar refractivity (Wildman–Crippen MR) is 76.2 cm³/mol. The van der Waals surface area contributed by atoms with E-state index in [9.17, 15) is 0 Å². The summed E-state index contributed by atoms with van der Waals surface area (Å²) in [6.07, 6.45) is 0. The Morgan fingerprint density at radius 2 is 2.06 bits per heavy atom. The Morgan fingerprint density at radius 1 is 1.33 bits per heavy atom. The van der Waals surface area contributed by atoms with Crippen LogP contribution in [0.2, 0.25) is 0 Å². The van der Waals surface area contributed by atoms with Gasteiger partial charge in [-0.1, -0.05) is 40.7 Å². The molecule has 0 spiro atoms. The van der Waals surface area contributed by atoms with E-state index in [-0.39, 0.29) is 5.41 Å². The van der Waals surface area contributed by atoms with Gasteiger partial charge in [0.25, 0.3) is 0 Å². The van der Waals surface area contributed by atoms with Crippen molar-refractivity contribution < 1.29 is 4.74 Å². The highest BCUT2D eigenvalue weighted by Crippen LogP contribution is 2.37. The maximum Gasteiger partial charge on any atom is 0.124 e. The third-order valence-corrected chi connectivity index (χ3v) is 3.71. The predicted octanol–water partition coefficient (Wildman–Crippen LogP) is 3.66. The van der Waals surface area contributed by atoms with Gasteiger partial charge in [0.1, 0.15) is 5.75 Å². The fraction of sp³-hybridized carbons (Fsp3) is 0.625. The van der Waals surface area contributed by atoms with Crippen LogP contribution in [0.3, 0.4) is 0 Å². The number of hydrogen-bond donors (Lipinski definition) is 1. The molecule has 2 rings (SSSR count). The number of nitrogens with one attached hydrogen (secondary N) is 1. The second-order valence-electron chi connectivity index (χ2n) is 6.33. The van der Waals surface area contributed by atoms with Crippen molar-refractivity contribution in [2.75, 3.05) is 13.2 Å². The smallest absolute Gasteiger partial charge is 0.124 e. The Balaban J connectivity index is 2.42. The molecule has 1 aromatic rings. The van der Waals surface area contributed by atoms with E-state index in [4.69, 9.17) is 4.74 Å². The highest BCUT2D eigenvalue weighted by Gasteiger charge is 2.28. The van der Waals surface area contributed by atoms with Crippen LogP contribution in [0.1, 0.15) is 51.8 Å². The first-order chi connectivity index (χ1) is 8.43. The van der Waals surface area contributed by atoms with E-state index in [1.54, 1.807) is 0 Å². The number of fused-ring (bicyclic) bond motifs is 1. The van der Waals surface area contributed by atoms with Gasteiger partial charge in [-0.15, -0.1) is 0 Å². The van der Waals surface area contributed by atoms with Crippen LogP contribution >= 0.6 is 0 Å². The summed E-state index contributed by atoms with van der Waals surface area (Å²) >= 11 is 0. The molecule has 18 heavy (non-hydrogen) atoms. The van der Waals surface area contributed by atoms with E-state index in [0.29, 0.717) is 12.0 Å². The number of benzene rings is 1. The van der Waals surface area contributed by atoms with E-state index >= 15 is 0 Å². The van der Waals surface area contributed by atoms with Gasteiger partial charge in [-0.05, 0) is 29.7 Å². The van der Waals surface area contributed by atoms with Gasteiger partial charge in [0, 0.05) is 17.5 Å². The third-order valence-electron chi connectivity index (χ3n) is 3.71. The average molecular weight is 247 g/mol. The van der Waals surface area contributed by atoms with Crippen LogP contribution < -0.4 is 10.1 Å². The van der Waals surface area contributed by atoms with Crippen LogP contribution in [0.25, 0.3) is 0 Å². The molecule has 0 saturated carbocycles. The molecule has 1 aliphatic rings. The molecule has 2 atom stereocenters. The Hall–Kier alpha value is -1.02. The molecule has 0 bridgehead atoms. The lowest BCUT2D eigenvalue weighted by molar-refractivity contribution is 0.189. The normalized spacial score (nSPS) is 23.4. The zero-order valence-corrected chi connectivity index (χ0v) is 12.2. The molecule has 0 saturated heterocycles. The fourth-order valence-corrected chi connectivity index (χ4v) is 2.54. The van der Waals surface area contributed by atoms with Crippen LogP contribution in [0.4, 0.5) is 0 Å². The maximum atomic E-state index is 5.84. The van der Waals surface area contributed by atoms with Gasteiger partial charge < -0.3 is 10.1 Å². The van der Waals surface area contributed by atoms with Gasteiger partial charge in [-0.25, -0.2) is 0 Å². The van der Waals surface area contributed by atoms with Crippen molar-refractivity contribution in [3.05, 3.63) is 29.3 Å². The summed E-state index contributed by atoms with van der Waals surface area (Å²) in [5, 5.41) is 3.59. The van der Waals surface area contributed by atoms with E-state index < -0.39 is 0 Å². The molecule has 2 nitrogen and oxygen atoms in total. The molecule has 0 fully saturated rings. The fourth-order valence-electron chi connectivity index (χ4n) is 2.54. The van der Waals surface area contributed by atoms with Crippen molar-refractivity contribution in [3.63, 3.8) is 0 Å². The van der Waals surface area contributed by atoms with Gasteiger partial charge in [-0.2, -0.15) is 0 Å². The minimum Gasteiger partial charge on any atom is -0.493 e. The standard InChI is InChI=1S/C16H25NO/c1-6-17-15-11(2)10-18-14-8-7-12(9-13(14)15)16(3,4)5/h7-9,11,15,17H,6,10H2,1-5H3. The second kappa shape index (κ2) is 4.93. The van der Waals surface area contributed by atoms with Gasteiger partial charge in [0.2, 0.25) is 0 Å². The molecule has 0 aromatic heterocycles. The zero-order valence-electron chi connectivity index (χ0n) is 12.2. The third kappa shape index (κ3) is 2.54. The lowest BCUT2D eigenvalue weighted by Crippen LogP contribution is -2.34. The van der Waals surface area contributed by atoms with Crippen LogP contribution in [-0.4, -0.2) is 13.2 Å². The maximum absolute atomic E-state index is 5.84. The average Bonchev–Trinajstić information content (AvgIpc) is 2.31. The molecule has 0 radical (unpaired) electrons. The van der Waals surface area contributed by atoms with Crippen molar-refractivity contribution in [1.29, 1.82) is 0 Å². The molecule has 1 aromatic carbocycles. The summed E-state index contributed by atoms with van der Waals surface area (Å²) in [6.45, 7) is 13.0. The van der Waals surface area contributed by atoms with Gasteiger partial charge >= 0.3 is 0 Å². The van der Waals surface area contributed by atoms with E-state index in [2.05, 4.69) is 58.1 Å². The van der Waals surface area contributed by atoms with Crippen molar-refractivity contribution >= 4 is 0 Å². The van der Waals surface area contributed by atoms with Gasteiger partial charge in [0.05, 0.1) is 6.61 Å². The van der Waals surface area contributed by atoms with Crippen LogP contribution in [0.15, 0.2) is 18.2 Å². The first-order valence-corrected chi connectivity index (χ1v) is 6.94. The molecular weight excluding hydrogens is 222 g/mol. The summed E-state index contributed by atoms with van der Waals surface area (Å²) in [7, 11) is 0. The quantitative estimate of drug-likeness (QED) is 0.861.